The molecule has 0 aliphatic carbocycles. The van der Waals surface area contributed by atoms with Gasteiger partial charge in [0.25, 0.3) is 5.91 Å². The van der Waals surface area contributed by atoms with E-state index in [0.717, 1.165) is 25.9 Å². The minimum absolute atomic E-state index is 0.0620. The highest BCUT2D eigenvalue weighted by Gasteiger charge is 2.27. The van der Waals surface area contributed by atoms with Gasteiger partial charge in [0.2, 0.25) is 0 Å². The van der Waals surface area contributed by atoms with E-state index < -0.39 is 0 Å². The van der Waals surface area contributed by atoms with E-state index in [1.807, 2.05) is 29.2 Å². The van der Waals surface area contributed by atoms with Gasteiger partial charge >= 0.3 is 0 Å². The minimum atomic E-state index is 0.0620. The summed E-state index contributed by atoms with van der Waals surface area (Å²) < 4.78 is 5.23. The second-order valence-electron chi connectivity index (χ2n) is 4.68. The van der Waals surface area contributed by atoms with Crippen LogP contribution in [0.2, 0.25) is 0 Å². The van der Waals surface area contributed by atoms with E-state index >= 15 is 0 Å². The summed E-state index contributed by atoms with van der Waals surface area (Å²) in [6.45, 7) is 2.33. The number of hydrogen-bond donors (Lipinski definition) is 1. The predicted octanol–water partition coefficient (Wildman–Crippen LogP) is 1.51. The average molecular weight is 248 g/mol. The Morgan fingerprint density at radius 1 is 1.50 bits per heavy atom. The van der Waals surface area contributed by atoms with Gasteiger partial charge in [-0.15, -0.1) is 0 Å². The molecule has 1 saturated heterocycles. The van der Waals surface area contributed by atoms with Crippen molar-refractivity contribution in [3.63, 3.8) is 0 Å². The number of hydrogen-bond acceptors (Lipinski definition) is 3. The van der Waals surface area contributed by atoms with Crippen LogP contribution in [0.15, 0.2) is 24.3 Å². The third-order valence-electron chi connectivity index (χ3n) is 3.49. The summed E-state index contributed by atoms with van der Waals surface area (Å²) in [5.74, 6) is 1.26. The van der Waals surface area contributed by atoms with Crippen molar-refractivity contribution >= 4 is 5.91 Å². The van der Waals surface area contributed by atoms with Crippen molar-refractivity contribution in [3.8, 4) is 5.75 Å². The van der Waals surface area contributed by atoms with Gasteiger partial charge in [-0.05, 0) is 37.4 Å². The summed E-state index contributed by atoms with van der Waals surface area (Å²) in [5.41, 5.74) is 6.21. The summed E-state index contributed by atoms with van der Waals surface area (Å²) >= 11 is 0. The molecule has 1 aliphatic rings. The first-order valence-electron chi connectivity index (χ1n) is 6.38. The second-order valence-corrected chi connectivity index (χ2v) is 4.68. The second kappa shape index (κ2) is 5.87. The summed E-state index contributed by atoms with van der Waals surface area (Å²) in [5, 5.41) is 0. The molecule has 1 aromatic carbocycles. The molecule has 0 bridgehead atoms. The number of para-hydroxylation sites is 1. The van der Waals surface area contributed by atoms with Gasteiger partial charge in [0.15, 0.2) is 0 Å². The Kier molecular flexibility index (Phi) is 4.20. The monoisotopic (exact) mass is 248 g/mol. The van der Waals surface area contributed by atoms with E-state index in [9.17, 15) is 4.79 Å². The molecule has 1 amide bonds. The number of benzene rings is 1. The number of nitrogens with zero attached hydrogens (tertiary/aromatic N) is 1. The largest absolute Gasteiger partial charge is 0.496 e. The third-order valence-corrected chi connectivity index (χ3v) is 3.49. The Balaban J connectivity index is 2.08. The number of carbonyl (C=O) groups excluding carboxylic acids is 1. The van der Waals surface area contributed by atoms with E-state index in [1.54, 1.807) is 7.11 Å². The molecule has 1 unspecified atom stereocenters. The lowest BCUT2D eigenvalue weighted by atomic mass is 10.1. The Labute approximate surface area is 108 Å². The normalized spacial score (nSPS) is 19.0. The van der Waals surface area contributed by atoms with Crippen molar-refractivity contribution in [2.45, 2.75) is 12.8 Å². The average Bonchev–Trinajstić information content (AvgIpc) is 2.87. The van der Waals surface area contributed by atoms with Crippen molar-refractivity contribution in [2.24, 2.45) is 11.7 Å². The van der Waals surface area contributed by atoms with Crippen molar-refractivity contribution in [1.82, 2.24) is 4.90 Å². The van der Waals surface area contributed by atoms with Gasteiger partial charge in [-0.1, -0.05) is 12.1 Å². The van der Waals surface area contributed by atoms with Crippen LogP contribution in [0, 0.1) is 5.92 Å². The molecular weight excluding hydrogens is 228 g/mol. The fraction of sp³-hybridized carbons (Fsp3) is 0.500. The van der Waals surface area contributed by atoms with Crippen LogP contribution >= 0.6 is 0 Å². The van der Waals surface area contributed by atoms with E-state index in [2.05, 4.69) is 0 Å². The van der Waals surface area contributed by atoms with Crippen molar-refractivity contribution in [2.75, 3.05) is 26.7 Å². The maximum atomic E-state index is 12.4. The van der Waals surface area contributed by atoms with Gasteiger partial charge in [-0.2, -0.15) is 0 Å². The van der Waals surface area contributed by atoms with Crippen LogP contribution in [0.5, 0.6) is 5.75 Å². The van der Waals surface area contributed by atoms with Gasteiger partial charge in [0, 0.05) is 13.1 Å². The van der Waals surface area contributed by atoms with Crippen LogP contribution in [-0.4, -0.2) is 37.6 Å². The highest BCUT2D eigenvalue weighted by molar-refractivity contribution is 5.97. The molecule has 1 heterocycles. The zero-order chi connectivity index (χ0) is 13.0. The SMILES string of the molecule is COc1ccccc1C(=O)N1CCC(CCN)C1. The van der Waals surface area contributed by atoms with Gasteiger partial charge in [0.05, 0.1) is 12.7 Å². The smallest absolute Gasteiger partial charge is 0.257 e. The molecule has 4 nitrogen and oxygen atoms in total. The molecular formula is C14H20N2O2. The minimum Gasteiger partial charge on any atom is -0.496 e. The lowest BCUT2D eigenvalue weighted by molar-refractivity contribution is 0.0783. The fourth-order valence-corrected chi connectivity index (χ4v) is 2.48. The molecule has 0 saturated carbocycles. The van der Waals surface area contributed by atoms with Gasteiger partial charge in [0.1, 0.15) is 5.75 Å². The number of ether oxygens (including phenoxy) is 1. The topological polar surface area (TPSA) is 55.6 Å². The van der Waals surface area contributed by atoms with Gasteiger partial charge in [-0.3, -0.25) is 4.79 Å². The first kappa shape index (κ1) is 12.9. The number of carbonyl (C=O) groups is 1. The number of amides is 1. The van der Waals surface area contributed by atoms with Crippen LogP contribution in [0.1, 0.15) is 23.2 Å². The number of methoxy groups -OCH3 is 1. The third kappa shape index (κ3) is 2.64. The Morgan fingerprint density at radius 3 is 3.00 bits per heavy atom. The molecule has 2 N–H and O–H groups in total. The molecule has 1 atom stereocenters. The lowest BCUT2D eigenvalue weighted by Crippen LogP contribution is -2.29. The van der Waals surface area contributed by atoms with Crippen LogP contribution in [0.3, 0.4) is 0 Å². The quantitative estimate of drug-likeness (QED) is 0.878. The summed E-state index contributed by atoms with van der Waals surface area (Å²) in [4.78, 5) is 14.3. The zero-order valence-corrected chi connectivity index (χ0v) is 10.8. The van der Waals surface area contributed by atoms with Crippen molar-refractivity contribution < 1.29 is 9.53 Å². The molecule has 4 heteroatoms. The molecule has 2 rings (SSSR count). The van der Waals surface area contributed by atoms with Crippen LogP contribution in [0.25, 0.3) is 0 Å². The molecule has 1 aromatic rings. The van der Waals surface area contributed by atoms with Crippen molar-refractivity contribution in [3.05, 3.63) is 29.8 Å². The Bertz CT molecular complexity index is 420. The summed E-state index contributed by atoms with van der Waals surface area (Å²) in [6.07, 6.45) is 2.05. The van der Waals surface area contributed by atoms with Crippen molar-refractivity contribution in [1.29, 1.82) is 0 Å². The fourth-order valence-electron chi connectivity index (χ4n) is 2.48. The molecule has 0 spiro atoms. The Hall–Kier alpha value is -1.55. The van der Waals surface area contributed by atoms with Crippen LogP contribution in [0.4, 0.5) is 0 Å². The standard InChI is InChI=1S/C14H20N2O2/c1-18-13-5-3-2-4-12(13)14(17)16-9-7-11(10-16)6-8-15/h2-5,11H,6-10,15H2,1H3. The highest BCUT2D eigenvalue weighted by Crippen LogP contribution is 2.24. The van der Waals surface area contributed by atoms with Crippen LogP contribution < -0.4 is 10.5 Å². The van der Waals surface area contributed by atoms with Gasteiger partial charge in [-0.25, -0.2) is 0 Å². The maximum Gasteiger partial charge on any atom is 0.257 e. The summed E-state index contributed by atoms with van der Waals surface area (Å²) in [6, 6.07) is 7.37. The number of rotatable bonds is 4. The van der Waals surface area contributed by atoms with E-state index in [4.69, 9.17) is 10.5 Å². The molecule has 0 radical (unpaired) electrons. The zero-order valence-electron chi connectivity index (χ0n) is 10.8. The first-order chi connectivity index (χ1) is 8.76. The maximum absolute atomic E-state index is 12.4. The van der Waals surface area contributed by atoms with Gasteiger partial charge < -0.3 is 15.4 Å². The molecule has 18 heavy (non-hydrogen) atoms. The number of likely N-dealkylation sites (tertiary alicyclic amines) is 1. The first-order valence-corrected chi connectivity index (χ1v) is 6.38. The number of nitrogens with two attached hydrogens (primary N) is 1. The molecule has 0 aromatic heterocycles. The molecule has 1 aliphatic heterocycles. The predicted molar refractivity (Wildman–Crippen MR) is 70.7 cm³/mol. The lowest BCUT2D eigenvalue weighted by Gasteiger charge is -2.18. The molecule has 1 fully saturated rings. The van der Waals surface area contributed by atoms with E-state index in [1.165, 1.54) is 0 Å². The summed E-state index contributed by atoms with van der Waals surface area (Å²) in [7, 11) is 1.59. The highest BCUT2D eigenvalue weighted by atomic mass is 16.5. The van der Waals surface area contributed by atoms with E-state index in [0.29, 0.717) is 23.8 Å². The van der Waals surface area contributed by atoms with Crippen LogP contribution in [-0.2, 0) is 0 Å². The molecule has 98 valence electrons. The Morgan fingerprint density at radius 2 is 2.28 bits per heavy atom. The van der Waals surface area contributed by atoms with E-state index in [-0.39, 0.29) is 5.91 Å².